The Morgan fingerprint density at radius 1 is 1.35 bits per heavy atom. The van der Waals surface area contributed by atoms with E-state index in [9.17, 15) is 4.79 Å². The summed E-state index contributed by atoms with van der Waals surface area (Å²) in [7, 11) is 0. The summed E-state index contributed by atoms with van der Waals surface area (Å²) in [5, 5.41) is 3.10. The number of hydrogen-bond acceptors (Lipinski definition) is 2. The van der Waals surface area contributed by atoms with Crippen LogP contribution >= 0.6 is 12.4 Å². The predicted octanol–water partition coefficient (Wildman–Crippen LogP) is 2.37. The van der Waals surface area contributed by atoms with Gasteiger partial charge in [0.05, 0.1) is 5.54 Å². The molecule has 0 spiro atoms. The average molecular weight is 261 g/mol. The van der Waals surface area contributed by atoms with Gasteiger partial charge in [0, 0.05) is 6.04 Å². The highest BCUT2D eigenvalue weighted by Crippen LogP contribution is 2.33. The maximum absolute atomic E-state index is 12.1. The molecule has 2 rings (SSSR count). The third kappa shape index (κ3) is 4.14. The van der Waals surface area contributed by atoms with Gasteiger partial charge in [0.2, 0.25) is 5.91 Å². The summed E-state index contributed by atoms with van der Waals surface area (Å²) in [6, 6.07) is 0.294. The van der Waals surface area contributed by atoms with Gasteiger partial charge in [0.15, 0.2) is 0 Å². The number of halogens is 1. The second kappa shape index (κ2) is 6.05. The van der Waals surface area contributed by atoms with E-state index in [-0.39, 0.29) is 18.3 Å². The van der Waals surface area contributed by atoms with E-state index in [1.165, 1.54) is 19.3 Å². The maximum Gasteiger partial charge on any atom is 0.240 e. The fourth-order valence-corrected chi connectivity index (χ4v) is 2.69. The van der Waals surface area contributed by atoms with Crippen molar-refractivity contribution in [3.8, 4) is 0 Å². The summed E-state index contributed by atoms with van der Waals surface area (Å²) >= 11 is 0. The van der Waals surface area contributed by atoms with Gasteiger partial charge in [0.25, 0.3) is 0 Å². The third-order valence-corrected chi connectivity index (χ3v) is 3.96. The zero-order valence-corrected chi connectivity index (χ0v) is 11.5. The first-order valence-corrected chi connectivity index (χ1v) is 6.70. The standard InChI is InChI=1S/C13H24N2O.ClH/c1-10(9-11-5-6-11)15-12(16)13(14)7-3-2-4-8-13;/h10-11H,2-9,14H2,1H3,(H,15,16);1H. The lowest BCUT2D eigenvalue weighted by atomic mass is 9.81. The van der Waals surface area contributed by atoms with Crippen molar-refractivity contribution in [1.29, 1.82) is 0 Å². The van der Waals surface area contributed by atoms with Crippen molar-refractivity contribution in [3.63, 3.8) is 0 Å². The van der Waals surface area contributed by atoms with E-state index >= 15 is 0 Å². The molecule has 2 aliphatic carbocycles. The molecule has 0 aromatic rings. The maximum atomic E-state index is 12.1. The fraction of sp³-hybridized carbons (Fsp3) is 0.923. The van der Waals surface area contributed by atoms with Gasteiger partial charge in [0.1, 0.15) is 0 Å². The minimum Gasteiger partial charge on any atom is -0.352 e. The molecule has 2 saturated carbocycles. The molecule has 0 saturated heterocycles. The van der Waals surface area contributed by atoms with Gasteiger partial charge < -0.3 is 11.1 Å². The van der Waals surface area contributed by atoms with Crippen molar-refractivity contribution in [1.82, 2.24) is 5.32 Å². The van der Waals surface area contributed by atoms with Crippen LogP contribution < -0.4 is 11.1 Å². The first-order chi connectivity index (χ1) is 7.60. The van der Waals surface area contributed by atoms with Gasteiger partial charge in [-0.3, -0.25) is 4.79 Å². The molecular formula is C13H25ClN2O. The summed E-state index contributed by atoms with van der Waals surface area (Å²) in [4.78, 5) is 12.1. The molecule has 0 heterocycles. The van der Waals surface area contributed by atoms with Crippen LogP contribution in [0.1, 0.15) is 58.3 Å². The van der Waals surface area contributed by atoms with Crippen molar-refractivity contribution in [2.75, 3.05) is 0 Å². The topological polar surface area (TPSA) is 55.1 Å². The van der Waals surface area contributed by atoms with E-state index in [2.05, 4.69) is 12.2 Å². The Morgan fingerprint density at radius 2 is 1.94 bits per heavy atom. The highest BCUT2D eigenvalue weighted by atomic mass is 35.5. The predicted molar refractivity (Wildman–Crippen MR) is 72.2 cm³/mol. The van der Waals surface area contributed by atoms with Crippen LogP contribution in [0, 0.1) is 5.92 Å². The lowest BCUT2D eigenvalue weighted by Crippen LogP contribution is -2.56. The van der Waals surface area contributed by atoms with E-state index in [0.29, 0.717) is 6.04 Å². The number of rotatable bonds is 4. The minimum atomic E-state index is -0.573. The van der Waals surface area contributed by atoms with Crippen LogP contribution in [0.15, 0.2) is 0 Å². The highest BCUT2D eigenvalue weighted by molar-refractivity contribution is 5.86. The number of carbonyl (C=O) groups excluding carboxylic acids is 1. The van der Waals surface area contributed by atoms with Crippen molar-refractivity contribution >= 4 is 18.3 Å². The Labute approximate surface area is 110 Å². The molecule has 1 unspecified atom stereocenters. The molecule has 3 nitrogen and oxygen atoms in total. The zero-order chi connectivity index (χ0) is 11.6. The Morgan fingerprint density at radius 3 is 2.47 bits per heavy atom. The summed E-state index contributed by atoms with van der Waals surface area (Å²) in [5.41, 5.74) is 5.61. The zero-order valence-electron chi connectivity index (χ0n) is 10.7. The molecule has 100 valence electrons. The Hall–Kier alpha value is -0.280. The van der Waals surface area contributed by atoms with E-state index in [0.717, 1.165) is 38.0 Å². The smallest absolute Gasteiger partial charge is 0.240 e. The molecule has 1 amide bonds. The fourth-order valence-electron chi connectivity index (χ4n) is 2.69. The van der Waals surface area contributed by atoms with Crippen molar-refractivity contribution in [2.45, 2.75) is 69.9 Å². The second-order valence-electron chi connectivity index (χ2n) is 5.77. The number of nitrogens with two attached hydrogens (primary N) is 1. The first-order valence-electron chi connectivity index (χ1n) is 6.70. The molecule has 0 aromatic heterocycles. The molecule has 0 aromatic carbocycles. The van der Waals surface area contributed by atoms with Gasteiger partial charge >= 0.3 is 0 Å². The van der Waals surface area contributed by atoms with Gasteiger partial charge in [-0.1, -0.05) is 32.1 Å². The van der Waals surface area contributed by atoms with Gasteiger partial charge in [-0.05, 0) is 32.1 Å². The first kappa shape index (κ1) is 14.8. The third-order valence-electron chi connectivity index (χ3n) is 3.96. The Bertz CT molecular complexity index is 260. The lowest BCUT2D eigenvalue weighted by Gasteiger charge is -2.33. The van der Waals surface area contributed by atoms with E-state index < -0.39 is 5.54 Å². The molecule has 0 bridgehead atoms. The van der Waals surface area contributed by atoms with Crippen LogP contribution in [0.4, 0.5) is 0 Å². The van der Waals surface area contributed by atoms with Crippen LogP contribution in [0.25, 0.3) is 0 Å². The quantitative estimate of drug-likeness (QED) is 0.815. The van der Waals surface area contributed by atoms with Crippen LogP contribution in [-0.4, -0.2) is 17.5 Å². The minimum absolute atomic E-state index is 0. The molecular weight excluding hydrogens is 236 g/mol. The second-order valence-corrected chi connectivity index (χ2v) is 5.77. The largest absolute Gasteiger partial charge is 0.352 e. The number of amides is 1. The van der Waals surface area contributed by atoms with E-state index in [4.69, 9.17) is 5.73 Å². The summed E-state index contributed by atoms with van der Waals surface area (Å²) < 4.78 is 0. The summed E-state index contributed by atoms with van der Waals surface area (Å²) in [6.45, 7) is 2.10. The van der Waals surface area contributed by atoms with Gasteiger partial charge in [-0.2, -0.15) is 0 Å². The van der Waals surface area contributed by atoms with Crippen molar-refractivity contribution < 1.29 is 4.79 Å². The van der Waals surface area contributed by atoms with Gasteiger partial charge in [-0.25, -0.2) is 0 Å². The lowest BCUT2D eigenvalue weighted by molar-refractivity contribution is -0.128. The monoisotopic (exact) mass is 260 g/mol. The molecule has 4 heteroatoms. The summed E-state index contributed by atoms with van der Waals surface area (Å²) in [5.74, 6) is 0.940. The van der Waals surface area contributed by atoms with Crippen LogP contribution in [0.5, 0.6) is 0 Å². The SMILES string of the molecule is CC(CC1CC1)NC(=O)C1(N)CCCCC1.Cl. The Kier molecular flexibility index (Phi) is 5.26. The number of nitrogens with one attached hydrogen (secondary N) is 1. The molecule has 2 fully saturated rings. The summed E-state index contributed by atoms with van der Waals surface area (Å²) in [6.07, 6.45) is 8.94. The highest BCUT2D eigenvalue weighted by Gasteiger charge is 2.36. The number of hydrogen-bond donors (Lipinski definition) is 2. The number of carbonyl (C=O) groups is 1. The molecule has 17 heavy (non-hydrogen) atoms. The van der Waals surface area contributed by atoms with Gasteiger partial charge in [-0.15, -0.1) is 12.4 Å². The van der Waals surface area contributed by atoms with Crippen LogP contribution in [0.2, 0.25) is 0 Å². The van der Waals surface area contributed by atoms with Crippen LogP contribution in [0.3, 0.4) is 0 Å². The van der Waals surface area contributed by atoms with E-state index in [1.54, 1.807) is 0 Å². The van der Waals surface area contributed by atoms with Crippen molar-refractivity contribution in [3.05, 3.63) is 0 Å². The van der Waals surface area contributed by atoms with E-state index in [1.807, 2.05) is 0 Å². The molecule has 3 N–H and O–H groups in total. The normalized spacial score (nSPS) is 24.6. The molecule has 1 atom stereocenters. The Balaban J connectivity index is 0.00000144. The molecule has 0 aliphatic heterocycles. The van der Waals surface area contributed by atoms with Crippen LogP contribution in [-0.2, 0) is 4.79 Å². The molecule has 0 radical (unpaired) electrons. The average Bonchev–Trinajstić information content (AvgIpc) is 3.02. The molecule has 2 aliphatic rings. The van der Waals surface area contributed by atoms with Crippen molar-refractivity contribution in [2.24, 2.45) is 11.7 Å².